The summed E-state index contributed by atoms with van der Waals surface area (Å²) in [6.45, 7) is 1.61. The second-order valence-corrected chi connectivity index (χ2v) is 4.76. The highest BCUT2D eigenvalue weighted by molar-refractivity contribution is 5.90. The van der Waals surface area contributed by atoms with Crippen LogP contribution in [0, 0.1) is 0 Å². The Morgan fingerprint density at radius 2 is 2.30 bits per heavy atom. The van der Waals surface area contributed by atoms with E-state index in [1.165, 1.54) is 0 Å². The lowest BCUT2D eigenvalue weighted by atomic mass is 10.4. The summed E-state index contributed by atoms with van der Waals surface area (Å²) < 4.78 is 10.3. The molecule has 1 aliphatic rings. The van der Waals surface area contributed by atoms with E-state index in [1.807, 2.05) is 0 Å². The number of carbonyl (C=O) groups excluding carboxylic acids is 1. The molecule has 0 spiro atoms. The van der Waals surface area contributed by atoms with Crippen molar-refractivity contribution < 1.29 is 19.1 Å². The molecule has 0 bridgehead atoms. The number of rotatable bonds is 9. The molecule has 1 aliphatic carbocycles. The smallest absolute Gasteiger partial charge is 0.322 e. The topological polar surface area (TPSA) is 101 Å². The third-order valence-corrected chi connectivity index (χ3v) is 3.01. The van der Waals surface area contributed by atoms with E-state index in [4.69, 9.17) is 14.3 Å². The molecule has 0 saturated heterocycles. The molecule has 1 fully saturated rings. The van der Waals surface area contributed by atoms with Crippen molar-refractivity contribution in [2.75, 3.05) is 45.3 Å². The molecular formula is C12H20N4O4. The molecular weight excluding hydrogens is 264 g/mol. The largest absolute Gasteiger partial charge is 0.408 e. The van der Waals surface area contributed by atoms with Crippen LogP contribution in [-0.4, -0.2) is 66.1 Å². The van der Waals surface area contributed by atoms with Crippen molar-refractivity contribution in [2.24, 2.45) is 0 Å². The zero-order valence-corrected chi connectivity index (χ0v) is 11.5. The van der Waals surface area contributed by atoms with E-state index in [0.717, 1.165) is 12.8 Å². The molecule has 8 nitrogen and oxygen atoms in total. The van der Waals surface area contributed by atoms with Gasteiger partial charge in [0.15, 0.2) is 0 Å². The number of nitrogens with one attached hydrogen (secondary N) is 1. The number of amides is 1. The van der Waals surface area contributed by atoms with Gasteiger partial charge in [-0.3, -0.25) is 15.0 Å². The molecule has 0 unspecified atom stereocenters. The first-order valence-electron chi connectivity index (χ1n) is 6.68. The standard InChI is InChI=1S/C12H20N4O4/c1-19-7-5-16(4-6-17)8-10(18)13-12-15-14-11(20-12)9-2-3-9/h9,17H,2-8H2,1H3,(H,13,15,18). The fraction of sp³-hybridized carbons (Fsp3) is 0.750. The van der Waals surface area contributed by atoms with Gasteiger partial charge in [-0.15, -0.1) is 5.10 Å². The second kappa shape index (κ2) is 7.32. The third-order valence-electron chi connectivity index (χ3n) is 3.01. The van der Waals surface area contributed by atoms with E-state index < -0.39 is 0 Å². The van der Waals surface area contributed by atoms with Gasteiger partial charge in [-0.2, -0.15) is 0 Å². The van der Waals surface area contributed by atoms with Crippen molar-refractivity contribution in [3.63, 3.8) is 0 Å². The van der Waals surface area contributed by atoms with Crippen LogP contribution in [0.25, 0.3) is 0 Å². The Hall–Kier alpha value is -1.51. The zero-order chi connectivity index (χ0) is 14.4. The first-order valence-corrected chi connectivity index (χ1v) is 6.68. The minimum Gasteiger partial charge on any atom is -0.408 e. The molecule has 2 N–H and O–H groups in total. The Labute approximate surface area is 117 Å². The normalized spacial score (nSPS) is 14.8. The SMILES string of the molecule is COCCN(CCO)CC(=O)Nc1nnc(C2CC2)o1. The molecule has 1 saturated carbocycles. The van der Waals surface area contributed by atoms with Crippen LogP contribution in [0.15, 0.2) is 4.42 Å². The molecule has 0 radical (unpaired) electrons. The maximum atomic E-state index is 11.9. The molecule has 1 heterocycles. The van der Waals surface area contributed by atoms with E-state index in [0.29, 0.717) is 31.5 Å². The molecule has 0 atom stereocenters. The monoisotopic (exact) mass is 284 g/mol. The van der Waals surface area contributed by atoms with Crippen LogP contribution < -0.4 is 5.32 Å². The maximum absolute atomic E-state index is 11.9. The van der Waals surface area contributed by atoms with Gasteiger partial charge in [-0.05, 0) is 12.8 Å². The van der Waals surface area contributed by atoms with Crippen LogP contribution in [0.2, 0.25) is 0 Å². The number of anilines is 1. The van der Waals surface area contributed by atoms with Crippen molar-refractivity contribution in [1.82, 2.24) is 15.1 Å². The van der Waals surface area contributed by atoms with Crippen LogP contribution in [0.3, 0.4) is 0 Å². The predicted octanol–water partition coefficient (Wildman–Crippen LogP) is -0.174. The molecule has 1 aromatic heterocycles. The van der Waals surface area contributed by atoms with Gasteiger partial charge in [-0.25, -0.2) is 0 Å². The summed E-state index contributed by atoms with van der Waals surface area (Å²) in [5, 5.41) is 19.2. The fourth-order valence-corrected chi connectivity index (χ4v) is 1.77. The Kier molecular flexibility index (Phi) is 5.45. The Morgan fingerprint density at radius 1 is 1.50 bits per heavy atom. The Balaban J connectivity index is 1.79. The van der Waals surface area contributed by atoms with Gasteiger partial charge in [0.2, 0.25) is 11.8 Å². The summed E-state index contributed by atoms with van der Waals surface area (Å²) in [5.41, 5.74) is 0. The summed E-state index contributed by atoms with van der Waals surface area (Å²) in [4.78, 5) is 13.6. The summed E-state index contributed by atoms with van der Waals surface area (Å²) in [6, 6.07) is 0.132. The minimum atomic E-state index is -0.249. The number of nitrogens with zero attached hydrogens (tertiary/aromatic N) is 3. The van der Waals surface area contributed by atoms with Crippen molar-refractivity contribution in [2.45, 2.75) is 18.8 Å². The van der Waals surface area contributed by atoms with Gasteiger partial charge < -0.3 is 14.3 Å². The van der Waals surface area contributed by atoms with E-state index in [2.05, 4.69) is 15.5 Å². The van der Waals surface area contributed by atoms with Crippen molar-refractivity contribution >= 4 is 11.9 Å². The minimum absolute atomic E-state index is 0.0105. The average Bonchev–Trinajstić information content (AvgIpc) is 3.17. The first-order chi connectivity index (χ1) is 9.72. The molecule has 0 aliphatic heterocycles. The van der Waals surface area contributed by atoms with Gasteiger partial charge in [0.25, 0.3) is 0 Å². The van der Waals surface area contributed by atoms with Crippen LogP contribution in [-0.2, 0) is 9.53 Å². The lowest BCUT2D eigenvalue weighted by Crippen LogP contribution is -2.37. The third kappa shape index (κ3) is 4.55. The number of aliphatic hydroxyl groups excluding tert-OH is 1. The number of carbonyl (C=O) groups is 1. The number of methoxy groups -OCH3 is 1. The van der Waals surface area contributed by atoms with Crippen molar-refractivity contribution in [1.29, 1.82) is 0 Å². The van der Waals surface area contributed by atoms with Gasteiger partial charge in [0.1, 0.15) is 0 Å². The lowest BCUT2D eigenvalue weighted by Gasteiger charge is -2.19. The highest BCUT2D eigenvalue weighted by atomic mass is 16.5. The summed E-state index contributed by atoms with van der Waals surface area (Å²) in [6.07, 6.45) is 2.13. The molecule has 20 heavy (non-hydrogen) atoms. The average molecular weight is 284 g/mol. The Bertz CT molecular complexity index is 433. The van der Waals surface area contributed by atoms with Crippen molar-refractivity contribution in [3.05, 3.63) is 5.89 Å². The van der Waals surface area contributed by atoms with Crippen LogP contribution in [0.4, 0.5) is 6.01 Å². The summed E-state index contributed by atoms with van der Waals surface area (Å²) in [7, 11) is 1.59. The molecule has 8 heteroatoms. The van der Waals surface area contributed by atoms with Crippen LogP contribution in [0.5, 0.6) is 0 Å². The molecule has 1 aromatic rings. The zero-order valence-electron chi connectivity index (χ0n) is 11.5. The molecule has 112 valence electrons. The van der Waals surface area contributed by atoms with E-state index in [-0.39, 0.29) is 25.1 Å². The number of hydrogen-bond donors (Lipinski definition) is 2. The van der Waals surface area contributed by atoms with Crippen molar-refractivity contribution in [3.8, 4) is 0 Å². The van der Waals surface area contributed by atoms with Gasteiger partial charge >= 0.3 is 6.01 Å². The highest BCUT2D eigenvalue weighted by Gasteiger charge is 2.29. The van der Waals surface area contributed by atoms with E-state index >= 15 is 0 Å². The van der Waals surface area contributed by atoms with Gasteiger partial charge in [-0.1, -0.05) is 5.10 Å². The number of aliphatic hydroxyl groups is 1. The summed E-state index contributed by atoms with van der Waals surface area (Å²) >= 11 is 0. The Morgan fingerprint density at radius 3 is 2.95 bits per heavy atom. The molecule has 2 rings (SSSR count). The van der Waals surface area contributed by atoms with Gasteiger partial charge in [0, 0.05) is 26.1 Å². The first kappa shape index (κ1) is 14.9. The van der Waals surface area contributed by atoms with E-state index in [1.54, 1.807) is 12.0 Å². The molecule has 1 amide bonds. The maximum Gasteiger partial charge on any atom is 0.322 e. The quantitative estimate of drug-likeness (QED) is 0.649. The van der Waals surface area contributed by atoms with E-state index in [9.17, 15) is 4.79 Å². The fourth-order valence-electron chi connectivity index (χ4n) is 1.77. The molecule has 0 aromatic carbocycles. The number of aromatic nitrogens is 2. The van der Waals surface area contributed by atoms with Crippen LogP contribution in [0.1, 0.15) is 24.7 Å². The number of hydrogen-bond acceptors (Lipinski definition) is 7. The summed E-state index contributed by atoms with van der Waals surface area (Å²) in [5.74, 6) is 0.702. The predicted molar refractivity (Wildman–Crippen MR) is 70.3 cm³/mol. The highest BCUT2D eigenvalue weighted by Crippen LogP contribution is 2.39. The lowest BCUT2D eigenvalue weighted by molar-refractivity contribution is -0.117. The number of ether oxygens (including phenoxy) is 1. The van der Waals surface area contributed by atoms with Gasteiger partial charge in [0.05, 0.1) is 19.8 Å². The van der Waals surface area contributed by atoms with Crippen LogP contribution >= 0.6 is 0 Å². The second-order valence-electron chi connectivity index (χ2n) is 4.76.